The Morgan fingerprint density at radius 1 is 1.47 bits per heavy atom. The van der Waals surface area contributed by atoms with E-state index in [-0.39, 0.29) is 23.2 Å². The highest BCUT2D eigenvalue weighted by molar-refractivity contribution is 5.59. The number of nitro benzene ring substituents is 1. The topological polar surface area (TPSA) is 64.4 Å². The second-order valence-electron chi connectivity index (χ2n) is 4.30. The molecule has 0 amide bonds. The van der Waals surface area contributed by atoms with Gasteiger partial charge in [0.2, 0.25) is 0 Å². The van der Waals surface area contributed by atoms with Crippen LogP contribution in [0, 0.1) is 15.9 Å². The number of nitro groups is 1. The predicted molar refractivity (Wildman–Crippen MR) is 72.2 cm³/mol. The lowest BCUT2D eigenvalue weighted by atomic mass is 10.1. The SMILES string of the molecule is CCCC(CC)Nc1cc(OC)c([N+](=O)[O-])cc1F. The number of ether oxygens (including phenoxy) is 1. The maximum atomic E-state index is 13.8. The van der Waals surface area contributed by atoms with Gasteiger partial charge in [-0.25, -0.2) is 4.39 Å². The minimum absolute atomic E-state index is 0.0558. The van der Waals surface area contributed by atoms with E-state index in [9.17, 15) is 14.5 Å². The molecule has 1 N–H and O–H groups in total. The molecule has 0 spiro atoms. The molecule has 0 aromatic heterocycles. The Morgan fingerprint density at radius 3 is 2.63 bits per heavy atom. The van der Waals surface area contributed by atoms with Crippen LogP contribution in [-0.2, 0) is 0 Å². The van der Waals surface area contributed by atoms with E-state index in [0.29, 0.717) is 0 Å². The summed E-state index contributed by atoms with van der Waals surface area (Å²) in [5.41, 5.74) is -0.128. The van der Waals surface area contributed by atoms with E-state index in [0.717, 1.165) is 25.3 Å². The summed E-state index contributed by atoms with van der Waals surface area (Å²) in [6.45, 7) is 4.06. The number of anilines is 1. The van der Waals surface area contributed by atoms with Crippen LogP contribution in [0.2, 0.25) is 0 Å². The van der Waals surface area contributed by atoms with E-state index in [1.165, 1.54) is 13.2 Å². The van der Waals surface area contributed by atoms with E-state index in [1.807, 2.05) is 6.92 Å². The predicted octanol–water partition coefficient (Wildman–Crippen LogP) is 3.73. The normalized spacial score (nSPS) is 12.0. The van der Waals surface area contributed by atoms with Gasteiger partial charge >= 0.3 is 5.69 Å². The van der Waals surface area contributed by atoms with Crippen molar-refractivity contribution in [3.05, 3.63) is 28.1 Å². The average Bonchev–Trinajstić information content (AvgIpc) is 2.39. The summed E-state index contributed by atoms with van der Waals surface area (Å²) in [7, 11) is 1.33. The van der Waals surface area contributed by atoms with Gasteiger partial charge in [0.1, 0.15) is 0 Å². The van der Waals surface area contributed by atoms with E-state index in [4.69, 9.17) is 4.74 Å². The zero-order valence-corrected chi connectivity index (χ0v) is 11.4. The molecule has 1 aromatic rings. The summed E-state index contributed by atoms with van der Waals surface area (Å²) in [5, 5.41) is 13.8. The standard InChI is InChI=1S/C13H19FN2O3/c1-4-6-9(5-2)15-11-8-13(19-3)12(16(17)18)7-10(11)14/h7-9,15H,4-6H2,1-3H3. The molecule has 19 heavy (non-hydrogen) atoms. The van der Waals surface area contributed by atoms with Gasteiger partial charge in [0.25, 0.3) is 0 Å². The van der Waals surface area contributed by atoms with Crippen LogP contribution in [-0.4, -0.2) is 18.1 Å². The Bertz CT molecular complexity index is 452. The Morgan fingerprint density at radius 2 is 2.16 bits per heavy atom. The molecule has 1 aromatic carbocycles. The largest absolute Gasteiger partial charge is 0.490 e. The summed E-state index contributed by atoms with van der Waals surface area (Å²) in [5.74, 6) is -0.581. The van der Waals surface area contributed by atoms with Crippen LogP contribution < -0.4 is 10.1 Å². The molecule has 0 fully saturated rings. The highest BCUT2D eigenvalue weighted by Gasteiger charge is 2.20. The number of nitrogens with zero attached hydrogens (tertiary/aromatic N) is 1. The number of nitrogens with one attached hydrogen (secondary N) is 1. The van der Waals surface area contributed by atoms with Crippen LogP contribution in [0.4, 0.5) is 15.8 Å². The minimum Gasteiger partial charge on any atom is -0.490 e. The Balaban J connectivity index is 3.05. The van der Waals surface area contributed by atoms with E-state index in [2.05, 4.69) is 12.2 Å². The van der Waals surface area contributed by atoms with Gasteiger partial charge in [-0.1, -0.05) is 20.3 Å². The molecule has 6 heteroatoms. The van der Waals surface area contributed by atoms with Crippen LogP contribution in [0.3, 0.4) is 0 Å². The van der Waals surface area contributed by atoms with Gasteiger partial charge in [-0.05, 0) is 12.8 Å². The molecule has 5 nitrogen and oxygen atoms in total. The third-order valence-electron chi connectivity index (χ3n) is 2.95. The van der Waals surface area contributed by atoms with E-state index < -0.39 is 10.7 Å². The second-order valence-corrected chi connectivity index (χ2v) is 4.30. The fourth-order valence-corrected chi connectivity index (χ4v) is 1.91. The lowest BCUT2D eigenvalue weighted by molar-refractivity contribution is -0.385. The van der Waals surface area contributed by atoms with Crippen molar-refractivity contribution < 1.29 is 14.1 Å². The van der Waals surface area contributed by atoms with Gasteiger partial charge in [0, 0.05) is 12.1 Å². The highest BCUT2D eigenvalue weighted by Crippen LogP contribution is 2.32. The van der Waals surface area contributed by atoms with Crippen molar-refractivity contribution >= 4 is 11.4 Å². The Labute approximate surface area is 111 Å². The molecular formula is C13H19FN2O3. The van der Waals surface area contributed by atoms with Gasteiger partial charge in [-0.15, -0.1) is 0 Å². The van der Waals surface area contributed by atoms with Crippen LogP contribution in [0.25, 0.3) is 0 Å². The first-order valence-corrected chi connectivity index (χ1v) is 6.31. The van der Waals surface area contributed by atoms with Gasteiger partial charge < -0.3 is 10.1 Å². The van der Waals surface area contributed by atoms with Crippen molar-refractivity contribution in [2.45, 2.75) is 39.2 Å². The summed E-state index contributed by atoms with van der Waals surface area (Å²) in [6, 6.07) is 2.37. The Kier molecular flexibility index (Phi) is 5.54. The number of hydrogen-bond acceptors (Lipinski definition) is 4. The fourth-order valence-electron chi connectivity index (χ4n) is 1.91. The fraction of sp³-hybridized carbons (Fsp3) is 0.538. The van der Waals surface area contributed by atoms with Crippen molar-refractivity contribution in [1.82, 2.24) is 0 Å². The molecule has 0 bridgehead atoms. The molecule has 0 aliphatic carbocycles. The van der Waals surface area contributed by atoms with Gasteiger partial charge in [-0.2, -0.15) is 0 Å². The lowest BCUT2D eigenvalue weighted by Crippen LogP contribution is -2.19. The van der Waals surface area contributed by atoms with Crippen LogP contribution in [0.5, 0.6) is 5.75 Å². The molecule has 0 heterocycles. The number of rotatable bonds is 7. The first-order valence-electron chi connectivity index (χ1n) is 6.31. The monoisotopic (exact) mass is 270 g/mol. The lowest BCUT2D eigenvalue weighted by Gasteiger charge is -2.18. The molecule has 0 radical (unpaired) electrons. The molecule has 106 valence electrons. The molecule has 0 aliphatic rings. The zero-order valence-electron chi connectivity index (χ0n) is 11.4. The average molecular weight is 270 g/mol. The molecule has 0 saturated carbocycles. The van der Waals surface area contributed by atoms with E-state index >= 15 is 0 Å². The maximum Gasteiger partial charge on any atom is 0.313 e. The smallest absolute Gasteiger partial charge is 0.313 e. The summed E-state index contributed by atoms with van der Waals surface area (Å²) in [6.07, 6.45) is 2.75. The zero-order chi connectivity index (χ0) is 14.4. The van der Waals surface area contributed by atoms with E-state index in [1.54, 1.807) is 0 Å². The summed E-state index contributed by atoms with van der Waals surface area (Å²) >= 11 is 0. The Hall–Kier alpha value is -1.85. The first-order chi connectivity index (χ1) is 9.03. The highest BCUT2D eigenvalue weighted by atomic mass is 19.1. The van der Waals surface area contributed by atoms with Crippen LogP contribution in [0.1, 0.15) is 33.1 Å². The number of methoxy groups -OCH3 is 1. The van der Waals surface area contributed by atoms with Gasteiger partial charge in [0.15, 0.2) is 11.6 Å². The van der Waals surface area contributed by atoms with Gasteiger partial charge in [0.05, 0.1) is 23.8 Å². The molecular weight excluding hydrogens is 251 g/mol. The quantitative estimate of drug-likeness (QED) is 0.605. The third kappa shape index (κ3) is 3.81. The molecule has 1 unspecified atom stereocenters. The summed E-state index contributed by atoms with van der Waals surface area (Å²) in [4.78, 5) is 10.1. The third-order valence-corrected chi connectivity index (χ3v) is 2.95. The van der Waals surface area contributed by atoms with Crippen LogP contribution in [0.15, 0.2) is 12.1 Å². The van der Waals surface area contributed by atoms with Crippen molar-refractivity contribution in [3.63, 3.8) is 0 Å². The first kappa shape index (κ1) is 15.2. The summed E-state index contributed by atoms with van der Waals surface area (Å²) < 4.78 is 18.8. The molecule has 1 rings (SSSR count). The molecule has 1 atom stereocenters. The van der Waals surface area contributed by atoms with Crippen molar-refractivity contribution in [3.8, 4) is 5.75 Å². The number of halogens is 1. The molecule has 0 saturated heterocycles. The van der Waals surface area contributed by atoms with Crippen molar-refractivity contribution in [2.75, 3.05) is 12.4 Å². The molecule has 0 aliphatic heterocycles. The number of hydrogen-bond donors (Lipinski definition) is 1. The second kappa shape index (κ2) is 6.92. The number of benzene rings is 1. The van der Waals surface area contributed by atoms with Crippen molar-refractivity contribution in [2.24, 2.45) is 0 Å². The van der Waals surface area contributed by atoms with Crippen molar-refractivity contribution in [1.29, 1.82) is 0 Å². The van der Waals surface area contributed by atoms with Gasteiger partial charge in [-0.3, -0.25) is 10.1 Å². The maximum absolute atomic E-state index is 13.8. The van der Waals surface area contributed by atoms with Crippen LogP contribution >= 0.6 is 0 Å². The minimum atomic E-state index is -0.658.